The van der Waals surface area contributed by atoms with E-state index < -0.39 is 0 Å². The summed E-state index contributed by atoms with van der Waals surface area (Å²) in [6.07, 6.45) is 4.50. The number of carbonyl (C=O) groups excluding carboxylic acids is 2. The summed E-state index contributed by atoms with van der Waals surface area (Å²) in [5, 5.41) is 5.91. The van der Waals surface area contributed by atoms with Gasteiger partial charge in [-0.3, -0.25) is 9.59 Å². The number of benzene rings is 1. The number of allylic oxidation sites excluding steroid dienone is 1. The maximum atomic E-state index is 12.3. The lowest BCUT2D eigenvalue weighted by atomic mass is 10.1. The van der Waals surface area contributed by atoms with E-state index in [0.29, 0.717) is 34.6 Å². The van der Waals surface area contributed by atoms with Crippen LogP contribution in [0.15, 0.2) is 34.9 Å². The van der Waals surface area contributed by atoms with Crippen LogP contribution in [0.1, 0.15) is 43.0 Å². The van der Waals surface area contributed by atoms with Gasteiger partial charge in [0, 0.05) is 23.0 Å². The Labute approximate surface area is 146 Å². The number of amides is 2. The Hall–Kier alpha value is -1.95. The lowest BCUT2D eigenvalue weighted by molar-refractivity contribution is -0.112. The zero-order chi connectivity index (χ0) is 16.9. The first-order chi connectivity index (χ1) is 11.6. The number of nitrogens with one attached hydrogen (secondary N) is 2. The van der Waals surface area contributed by atoms with E-state index in [4.69, 9.17) is 4.74 Å². The van der Waals surface area contributed by atoms with Crippen LogP contribution < -0.4 is 10.6 Å². The number of carbonyl (C=O) groups is 2. The predicted octanol–water partition coefficient (Wildman–Crippen LogP) is 3.29. The van der Waals surface area contributed by atoms with Crippen molar-refractivity contribution >= 4 is 29.3 Å². The van der Waals surface area contributed by atoms with Gasteiger partial charge in [0.25, 0.3) is 11.8 Å². The van der Waals surface area contributed by atoms with E-state index in [1.54, 1.807) is 31.2 Å². The first-order valence-corrected chi connectivity index (χ1v) is 9.31. The van der Waals surface area contributed by atoms with Crippen LogP contribution in [-0.2, 0) is 9.53 Å². The second-order valence-corrected chi connectivity index (χ2v) is 7.17. The van der Waals surface area contributed by atoms with Crippen LogP contribution in [0.25, 0.3) is 0 Å². The van der Waals surface area contributed by atoms with E-state index in [1.807, 2.05) is 0 Å². The van der Waals surface area contributed by atoms with Gasteiger partial charge < -0.3 is 15.4 Å². The highest BCUT2D eigenvalue weighted by molar-refractivity contribution is 8.04. The number of ether oxygens (including phenoxy) is 1. The second-order valence-electron chi connectivity index (χ2n) is 6.07. The van der Waals surface area contributed by atoms with Gasteiger partial charge in [0.15, 0.2) is 0 Å². The quantitative estimate of drug-likeness (QED) is 0.878. The van der Waals surface area contributed by atoms with E-state index in [9.17, 15) is 9.59 Å². The molecule has 1 aliphatic carbocycles. The normalized spacial score (nSPS) is 18.2. The minimum absolute atomic E-state index is 0.0467. The molecule has 2 aliphatic rings. The molecular formula is C18H22N2O3S. The van der Waals surface area contributed by atoms with E-state index in [2.05, 4.69) is 10.6 Å². The molecule has 3 rings (SSSR count). The van der Waals surface area contributed by atoms with Gasteiger partial charge in [-0.05, 0) is 44.0 Å². The molecule has 0 saturated heterocycles. The summed E-state index contributed by atoms with van der Waals surface area (Å²) in [4.78, 5) is 25.1. The molecule has 1 aromatic carbocycles. The molecule has 0 radical (unpaired) electrons. The number of hydrogen-bond donors (Lipinski definition) is 2. The maximum absolute atomic E-state index is 12.3. The molecule has 1 heterocycles. The lowest BCUT2D eigenvalue weighted by Gasteiger charge is -2.17. The van der Waals surface area contributed by atoms with Gasteiger partial charge >= 0.3 is 0 Å². The van der Waals surface area contributed by atoms with Crippen LogP contribution in [0, 0.1) is 0 Å². The average molecular weight is 346 g/mol. The number of anilines is 1. The first kappa shape index (κ1) is 16.9. The van der Waals surface area contributed by atoms with Crippen molar-refractivity contribution in [1.82, 2.24) is 5.32 Å². The smallest absolute Gasteiger partial charge is 0.265 e. The molecule has 1 aliphatic heterocycles. The first-order valence-electron chi connectivity index (χ1n) is 8.32. The second kappa shape index (κ2) is 7.75. The van der Waals surface area contributed by atoms with Gasteiger partial charge in [-0.2, -0.15) is 0 Å². The van der Waals surface area contributed by atoms with E-state index in [1.165, 1.54) is 24.6 Å². The lowest BCUT2D eigenvalue weighted by Crippen LogP contribution is -2.32. The molecule has 24 heavy (non-hydrogen) atoms. The topological polar surface area (TPSA) is 67.4 Å². The summed E-state index contributed by atoms with van der Waals surface area (Å²) in [7, 11) is 0. The summed E-state index contributed by atoms with van der Waals surface area (Å²) in [5.74, 6) is 1.23. The van der Waals surface area contributed by atoms with E-state index in [0.717, 1.165) is 18.6 Å². The Morgan fingerprint density at radius 1 is 1.12 bits per heavy atom. The third-order valence-corrected chi connectivity index (χ3v) is 5.40. The molecule has 0 unspecified atom stereocenters. The molecule has 1 fully saturated rings. The Bertz CT molecular complexity index is 649. The third kappa shape index (κ3) is 4.12. The highest BCUT2D eigenvalue weighted by Gasteiger charge is 2.20. The van der Waals surface area contributed by atoms with Crippen LogP contribution in [0.3, 0.4) is 0 Å². The van der Waals surface area contributed by atoms with Crippen molar-refractivity contribution in [3.63, 3.8) is 0 Å². The van der Waals surface area contributed by atoms with E-state index >= 15 is 0 Å². The van der Waals surface area contributed by atoms with Gasteiger partial charge in [-0.15, -0.1) is 11.8 Å². The summed E-state index contributed by atoms with van der Waals surface area (Å²) in [5.41, 5.74) is 1.29. The Morgan fingerprint density at radius 2 is 1.83 bits per heavy atom. The number of hydrogen-bond acceptors (Lipinski definition) is 4. The molecule has 2 N–H and O–H groups in total. The van der Waals surface area contributed by atoms with Crippen LogP contribution in [-0.4, -0.2) is 30.2 Å². The van der Waals surface area contributed by atoms with Gasteiger partial charge in [0.2, 0.25) is 0 Å². The maximum Gasteiger partial charge on any atom is 0.265 e. The molecule has 128 valence electrons. The fourth-order valence-electron chi connectivity index (χ4n) is 2.96. The fourth-order valence-corrected chi connectivity index (χ4v) is 3.78. The van der Waals surface area contributed by atoms with Crippen LogP contribution in [0.4, 0.5) is 5.69 Å². The van der Waals surface area contributed by atoms with Gasteiger partial charge in [-0.1, -0.05) is 12.8 Å². The third-order valence-electron chi connectivity index (χ3n) is 4.27. The predicted molar refractivity (Wildman–Crippen MR) is 95.9 cm³/mol. The van der Waals surface area contributed by atoms with E-state index in [-0.39, 0.29) is 11.8 Å². The summed E-state index contributed by atoms with van der Waals surface area (Å²) in [6.45, 7) is 2.44. The molecule has 1 aromatic rings. The SMILES string of the molecule is CC1=C(C(=O)Nc2ccc(C(=O)NC3CCCC3)cc2)SCCO1. The highest BCUT2D eigenvalue weighted by Crippen LogP contribution is 2.26. The van der Waals surface area contributed by atoms with Crippen LogP contribution in [0.5, 0.6) is 0 Å². The minimum Gasteiger partial charge on any atom is -0.496 e. The van der Waals surface area contributed by atoms with Crippen molar-refractivity contribution in [2.75, 3.05) is 17.7 Å². The molecule has 6 heteroatoms. The molecule has 0 bridgehead atoms. The van der Waals surface area contributed by atoms with Gasteiger partial charge in [0.05, 0.1) is 6.61 Å². The Balaban J connectivity index is 1.59. The van der Waals surface area contributed by atoms with Crippen molar-refractivity contribution < 1.29 is 14.3 Å². The standard InChI is InChI=1S/C18H22N2O3S/c1-12-16(24-11-10-23-12)18(22)20-15-8-6-13(7-9-15)17(21)19-14-4-2-3-5-14/h6-9,14H,2-5,10-11H2,1H3,(H,19,21)(H,20,22). The average Bonchev–Trinajstić information content (AvgIpc) is 3.08. The molecule has 5 nitrogen and oxygen atoms in total. The van der Waals surface area contributed by atoms with Crippen LogP contribution >= 0.6 is 11.8 Å². The Morgan fingerprint density at radius 3 is 2.50 bits per heavy atom. The Kier molecular flexibility index (Phi) is 5.45. The molecular weight excluding hydrogens is 324 g/mol. The monoisotopic (exact) mass is 346 g/mol. The molecule has 0 atom stereocenters. The summed E-state index contributed by atoms with van der Waals surface area (Å²) >= 11 is 1.50. The zero-order valence-corrected chi connectivity index (χ0v) is 14.6. The van der Waals surface area contributed by atoms with Gasteiger partial charge in [-0.25, -0.2) is 0 Å². The zero-order valence-electron chi connectivity index (χ0n) is 13.8. The van der Waals surface area contributed by atoms with Crippen molar-refractivity contribution in [3.05, 3.63) is 40.5 Å². The largest absolute Gasteiger partial charge is 0.496 e. The number of rotatable bonds is 4. The van der Waals surface area contributed by atoms with Gasteiger partial charge in [0.1, 0.15) is 10.7 Å². The highest BCUT2D eigenvalue weighted by atomic mass is 32.2. The van der Waals surface area contributed by atoms with Crippen molar-refractivity contribution in [3.8, 4) is 0 Å². The molecule has 2 amide bonds. The van der Waals surface area contributed by atoms with Crippen LogP contribution in [0.2, 0.25) is 0 Å². The van der Waals surface area contributed by atoms with Crippen molar-refractivity contribution in [2.24, 2.45) is 0 Å². The molecule has 0 aromatic heterocycles. The number of thioether (sulfide) groups is 1. The molecule has 1 saturated carbocycles. The van der Waals surface area contributed by atoms with Crippen molar-refractivity contribution in [1.29, 1.82) is 0 Å². The minimum atomic E-state index is -0.166. The summed E-state index contributed by atoms with van der Waals surface area (Å²) in [6, 6.07) is 7.30. The fraction of sp³-hybridized carbons (Fsp3) is 0.444. The summed E-state index contributed by atoms with van der Waals surface area (Å²) < 4.78 is 5.41. The van der Waals surface area contributed by atoms with Crippen molar-refractivity contribution in [2.45, 2.75) is 38.6 Å². The molecule has 0 spiro atoms.